The molecule has 2 unspecified atom stereocenters. The minimum Gasteiger partial charge on any atom is -0.462 e. The van der Waals surface area contributed by atoms with Crippen LogP contribution < -0.4 is 0 Å². The van der Waals surface area contributed by atoms with Crippen molar-refractivity contribution in [2.75, 3.05) is 0 Å². The Morgan fingerprint density at radius 1 is 0.684 bits per heavy atom. The third-order valence-electron chi connectivity index (χ3n) is 10.9. The number of benzene rings is 2. The van der Waals surface area contributed by atoms with E-state index < -0.39 is 119 Å². The van der Waals surface area contributed by atoms with Crippen molar-refractivity contribution in [1.82, 2.24) is 0 Å². The molecule has 3 aliphatic rings. The Hall–Kier alpha value is -5.41. The van der Waals surface area contributed by atoms with Crippen molar-refractivity contribution in [2.24, 2.45) is 23.2 Å². The molecule has 1 N–H and O–H groups in total. The molecule has 1 saturated heterocycles. The van der Waals surface area contributed by atoms with Gasteiger partial charge in [0.1, 0.15) is 18.3 Å². The van der Waals surface area contributed by atoms with E-state index in [1.807, 2.05) is 0 Å². The van der Waals surface area contributed by atoms with Crippen LogP contribution in [0, 0.1) is 23.2 Å². The predicted molar refractivity (Wildman–Crippen MR) is 197 cm³/mol. The summed E-state index contributed by atoms with van der Waals surface area (Å²) in [7, 11) is 0. The van der Waals surface area contributed by atoms with E-state index >= 15 is 4.79 Å². The molecular formula is C42H48O15. The van der Waals surface area contributed by atoms with Crippen LogP contribution >= 0.6 is 0 Å². The zero-order valence-electron chi connectivity index (χ0n) is 33.0. The first-order chi connectivity index (χ1) is 26.7. The van der Waals surface area contributed by atoms with E-state index in [-0.39, 0.29) is 16.7 Å². The monoisotopic (exact) mass is 792 g/mol. The summed E-state index contributed by atoms with van der Waals surface area (Å²) in [6.45, 7) is 14.6. The van der Waals surface area contributed by atoms with Gasteiger partial charge in [-0.1, -0.05) is 70.7 Å². The van der Waals surface area contributed by atoms with Crippen molar-refractivity contribution in [1.29, 1.82) is 0 Å². The number of epoxide rings is 1. The fraction of sp³-hybridized carbons (Fsp3) is 0.500. The number of carbonyl (C=O) groups is 7. The molecule has 3 fully saturated rings. The van der Waals surface area contributed by atoms with E-state index in [9.17, 15) is 33.9 Å². The van der Waals surface area contributed by atoms with Crippen LogP contribution in [-0.2, 0) is 57.1 Å². The smallest absolute Gasteiger partial charge is 0.338 e. The fourth-order valence-electron chi connectivity index (χ4n) is 8.31. The van der Waals surface area contributed by atoms with Crippen LogP contribution in [0.25, 0.3) is 0 Å². The second-order valence-corrected chi connectivity index (χ2v) is 15.3. The molecule has 15 nitrogen and oxygen atoms in total. The van der Waals surface area contributed by atoms with Crippen molar-refractivity contribution in [3.05, 3.63) is 83.9 Å². The molecule has 15 heteroatoms. The Balaban J connectivity index is 1.84. The molecular weight excluding hydrogens is 744 g/mol. The molecule has 12 atom stereocenters. The maximum absolute atomic E-state index is 15.1. The Morgan fingerprint density at radius 3 is 1.67 bits per heavy atom. The molecule has 57 heavy (non-hydrogen) atoms. The van der Waals surface area contributed by atoms with Gasteiger partial charge >= 0.3 is 35.8 Å². The van der Waals surface area contributed by atoms with Crippen LogP contribution in [0.1, 0.15) is 76.1 Å². The number of ether oxygens (including phenoxy) is 7. The lowest BCUT2D eigenvalue weighted by Gasteiger charge is -2.45. The molecule has 2 aliphatic carbocycles. The number of aliphatic hydroxyl groups excluding tert-OH is 1. The Morgan fingerprint density at radius 2 is 1.18 bits per heavy atom. The molecule has 306 valence electrons. The van der Waals surface area contributed by atoms with Gasteiger partial charge in [0, 0.05) is 50.5 Å². The number of hydrogen-bond donors (Lipinski definition) is 1. The van der Waals surface area contributed by atoms with Gasteiger partial charge < -0.3 is 38.3 Å². The van der Waals surface area contributed by atoms with Gasteiger partial charge in [0.15, 0.2) is 24.1 Å². The second-order valence-electron chi connectivity index (χ2n) is 15.3. The SMILES string of the molecule is C=C1C(OC(C)=O)[C@@H]2[C@@H](OC(C)=O)[C@@H](C)[C@H](O)[C@]2(OC(C)=O)C(=O)[C@@H](C)[C@@H]2O[C@H]2C(C)(C)C(OC(=O)c2ccccc2)[C@H](OC(=O)c2ccccc2)[C@H]1OC(C)=O. The van der Waals surface area contributed by atoms with Crippen LogP contribution in [-0.4, -0.2) is 101 Å². The summed E-state index contributed by atoms with van der Waals surface area (Å²) in [5.41, 5.74) is -4.15. The van der Waals surface area contributed by atoms with E-state index in [0.29, 0.717) is 0 Å². The molecule has 0 aromatic heterocycles. The fourth-order valence-corrected chi connectivity index (χ4v) is 8.31. The Kier molecular flexibility index (Phi) is 12.4. The first kappa shape index (κ1) is 42.7. The normalized spacial score (nSPS) is 33.1. The summed E-state index contributed by atoms with van der Waals surface area (Å²) < 4.78 is 42.1. The minimum absolute atomic E-state index is 0.0644. The summed E-state index contributed by atoms with van der Waals surface area (Å²) in [6, 6.07) is 15.7. The number of aliphatic hydroxyl groups is 1. The van der Waals surface area contributed by atoms with Crippen LogP contribution in [0.3, 0.4) is 0 Å². The first-order valence-electron chi connectivity index (χ1n) is 18.5. The van der Waals surface area contributed by atoms with Gasteiger partial charge in [0.2, 0.25) is 5.60 Å². The van der Waals surface area contributed by atoms with E-state index in [2.05, 4.69) is 6.58 Å². The highest BCUT2D eigenvalue weighted by Gasteiger charge is 2.73. The summed E-state index contributed by atoms with van der Waals surface area (Å²) in [4.78, 5) is 95.0. The van der Waals surface area contributed by atoms with Gasteiger partial charge in [-0.3, -0.25) is 24.0 Å². The number of ketones is 1. The van der Waals surface area contributed by atoms with Crippen LogP contribution in [0.5, 0.6) is 0 Å². The van der Waals surface area contributed by atoms with E-state index in [1.165, 1.54) is 38.1 Å². The number of esters is 6. The molecule has 2 aromatic rings. The van der Waals surface area contributed by atoms with Gasteiger partial charge in [0.25, 0.3) is 0 Å². The van der Waals surface area contributed by atoms with Crippen molar-refractivity contribution in [3.8, 4) is 0 Å². The molecule has 0 bridgehead atoms. The first-order valence-corrected chi connectivity index (χ1v) is 18.5. The summed E-state index contributed by atoms with van der Waals surface area (Å²) in [5, 5.41) is 12.1. The topological polar surface area (TPSA) is 208 Å². The van der Waals surface area contributed by atoms with E-state index in [4.69, 9.17) is 33.2 Å². The molecule has 0 radical (unpaired) electrons. The van der Waals surface area contributed by atoms with Crippen molar-refractivity contribution >= 4 is 41.6 Å². The maximum atomic E-state index is 15.1. The van der Waals surface area contributed by atoms with Crippen molar-refractivity contribution in [2.45, 2.75) is 110 Å². The summed E-state index contributed by atoms with van der Waals surface area (Å²) in [5.74, 6) is -10.5. The Bertz CT molecular complexity index is 1910. The van der Waals surface area contributed by atoms with Gasteiger partial charge in [-0.05, 0) is 24.3 Å². The van der Waals surface area contributed by atoms with E-state index in [0.717, 1.165) is 27.7 Å². The lowest BCUT2D eigenvalue weighted by atomic mass is 9.69. The van der Waals surface area contributed by atoms with Crippen LogP contribution in [0.15, 0.2) is 72.8 Å². The number of rotatable bonds is 8. The lowest BCUT2D eigenvalue weighted by Crippen LogP contribution is -2.63. The highest BCUT2D eigenvalue weighted by molar-refractivity contribution is 5.94. The Labute approximate surface area is 329 Å². The van der Waals surface area contributed by atoms with Crippen LogP contribution in [0.4, 0.5) is 0 Å². The molecule has 2 aromatic carbocycles. The quantitative estimate of drug-likeness (QED) is 0.175. The molecule has 1 heterocycles. The molecule has 1 aliphatic heterocycles. The average Bonchev–Trinajstić information content (AvgIpc) is 3.94. The minimum atomic E-state index is -2.58. The molecule has 0 spiro atoms. The zero-order chi connectivity index (χ0) is 42.1. The number of carbonyl (C=O) groups excluding carboxylic acids is 7. The summed E-state index contributed by atoms with van der Waals surface area (Å²) in [6.07, 6.45) is -12.4. The van der Waals surface area contributed by atoms with Gasteiger partial charge in [0.05, 0.1) is 29.3 Å². The third-order valence-corrected chi connectivity index (χ3v) is 10.9. The van der Waals surface area contributed by atoms with Gasteiger partial charge in [-0.15, -0.1) is 0 Å². The maximum Gasteiger partial charge on any atom is 0.338 e. The average molecular weight is 793 g/mol. The highest BCUT2D eigenvalue weighted by atomic mass is 16.6. The van der Waals surface area contributed by atoms with Crippen molar-refractivity contribution in [3.63, 3.8) is 0 Å². The van der Waals surface area contributed by atoms with Crippen molar-refractivity contribution < 1.29 is 71.8 Å². The van der Waals surface area contributed by atoms with Crippen LogP contribution in [0.2, 0.25) is 0 Å². The third kappa shape index (κ3) is 8.35. The molecule has 5 rings (SSSR count). The predicted octanol–water partition coefficient (Wildman–Crippen LogP) is 3.73. The zero-order valence-corrected chi connectivity index (χ0v) is 33.0. The van der Waals surface area contributed by atoms with Gasteiger partial charge in [-0.2, -0.15) is 0 Å². The standard InChI is InChI=1S/C42H48O15/c1-20-30(51-23(4)43)29-31(52-24(5)44)21(2)35(47)42(29,57-26(7)46)36(48)22(3)33-37(54-33)41(8,9)38(56-40(50)28-18-14-11-15-19-28)34(32(20)53-25(6)45)55-39(49)27-16-12-10-13-17-27/h10-19,21-22,29-35,37-38,47H,1H2,2-9H3/t21-,22+,29-,30?,31+,32+,33+,34-,35+,37-,38?,42+/m1/s1. The highest BCUT2D eigenvalue weighted by Crippen LogP contribution is 2.55. The number of Topliss-reactive ketones (excluding diaryl/α,β-unsaturated/α-hetero) is 1. The van der Waals surface area contributed by atoms with E-state index in [1.54, 1.807) is 50.2 Å². The molecule has 2 saturated carbocycles. The second kappa shape index (κ2) is 16.6. The number of fused-ring (bicyclic) bond motifs is 2. The molecule has 0 amide bonds. The number of hydrogen-bond acceptors (Lipinski definition) is 15. The summed E-state index contributed by atoms with van der Waals surface area (Å²) >= 11 is 0. The largest absolute Gasteiger partial charge is 0.462 e. The van der Waals surface area contributed by atoms with Gasteiger partial charge in [-0.25, -0.2) is 9.59 Å². The lowest BCUT2D eigenvalue weighted by molar-refractivity contribution is -0.197.